The Morgan fingerprint density at radius 1 is 1.05 bits per heavy atom. The van der Waals surface area contributed by atoms with Gasteiger partial charge in [-0.15, -0.1) is 0 Å². The number of amides is 2. The molecule has 0 aliphatic heterocycles. The first-order valence-corrected chi connectivity index (χ1v) is 14.1. The number of methoxy groups -OCH3 is 1. The molecule has 0 radical (unpaired) electrons. The molecular weight excluding hydrogens is 503 g/mol. The molecule has 4 aliphatic rings. The summed E-state index contributed by atoms with van der Waals surface area (Å²) < 4.78 is 26.2. The van der Waals surface area contributed by atoms with Gasteiger partial charge in [0.05, 0.1) is 30.1 Å². The maximum absolute atomic E-state index is 14.9. The highest BCUT2D eigenvalue weighted by molar-refractivity contribution is 5.98. The summed E-state index contributed by atoms with van der Waals surface area (Å²) in [6.07, 6.45) is 9.82. The Kier molecular flexibility index (Phi) is 7.37. The minimum Gasteiger partial charge on any atom is -0.496 e. The van der Waals surface area contributed by atoms with E-state index in [1.165, 1.54) is 19.6 Å². The Bertz CT molecular complexity index is 1170. The number of carboxylic acid groups (broad SMARTS) is 1. The number of hydrogen-bond acceptors (Lipinski definition) is 5. The number of aliphatic carboxylic acids is 1. The topological polar surface area (TPSA) is 114 Å². The number of fused-ring (bicyclic) bond motifs is 2. The number of carbonyl (C=O) groups is 3. The van der Waals surface area contributed by atoms with Gasteiger partial charge in [-0.25, -0.2) is 4.39 Å². The summed E-state index contributed by atoms with van der Waals surface area (Å²) in [5.41, 5.74) is -0.519. The van der Waals surface area contributed by atoms with Crippen molar-refractivity contribution < 1.29 is 33.4 Å². The molecule has 2 bridgehead atoms. The van der Waals surface area contributed by atoms with E-state index in [-0.39, 0.29) is 58.3 Å². The second kappa shape index (κ2) is 10.5. The van der Waals surface area contributed by atoms with Crippen LogP contribution < -0.4 is 20.1 Å². The summed E-state index contributed by atoms with van der Waals surface area (Å²) in [6.45, 7) is 4.55. The largest absolute Gasteiger partial charge is 0.496 e. The smallest absolute Gasteiger partial charge is 0.309 e. The van der Waals surface area contributed by atoms with Gasteiger partial charge in [0.2, 0.25) is 5.91 Å². The van der Waals surface area contributed by atoms with Gasteiger partial charge < -0.3 is 25.2 Å². The molecule has 0 saturated heterocycles. The second-order valence-electron chi connectivity index (χ2n) is 12.5. The van der Waals surface area contributed by atoms with Crippen molar-refractivity contribution in [1.82, 2.24) is 10.6 Å². The number of hydrogen-bond donors (Lipinski definition) is 3. The van der Waals surface area contributed by atoms with Crippen LogP contribution >= 0.6 is 0 Å². The van der Waals surface area contributed by atoms with Crippen molar-refractivity contribution in [2.24, 2.45) is 28.6 Å². The number of allylic oxidation sites excluding steroid dienone is 1. The fraction of sp³-hybridized carbons (Fsp3) is 0.633. The van der Waals surface area contributed by atoms with E-state index < -0.39 is 23.1 Å². The first kappa shape index (κ1) is 27.5. The van der Waals surface area contributed by atoms with Crippen LogP contribution in [0, 0.1) is 34.4 Å². The molecule has 3 N–H and O–H groups in total. The lowest BCUT2D eigenvalue weighted by atomic mass is 9.70. The third kappa shape index (κ3) is 5.37. The van der Waals surface area contributed by atoms with E-state index in [2.05, 4.69) is 29.7 Å². The molecule has 5 rings (SSSR count). The van der Waals surface area contributed by atoms with Crippen molar-refractivity contribution in [1.29, 1.82) is 0 Å². The lowest BCUT2D eigenvalue weighted by Gasteiger charge is -2.39. The minimum absolute atomic E-state index is 0.0361. The normalized spacial score (nSPS) is 32.3. The average molecular weight is 543 g/mol. The zero-order chi connectivity index (χ0) is 27.9. The molecule has 3 saturated carbocycles. The van der Waals surface area contributed by atoms with Crippen molar-refractivity contribution in [2.45, 2.75) is 77.4 Å². The van der Waals surface area contributed by atoms with Crippen LogP contribution in [0.3, 0.4) is 0 Å². The van der Waals surface area contributed by atoms with E-state index in [4.69, 9.17) is 9.47 Å². The Hall–Kier alpha value is -3.10. The molecular formula is C30H39FN2O6. The summed E-state index contributed by atoms with van der Waals surface area (Å²) in [7, 11) is 1.37. The van der Waals surface area contributed by atoms with Crippen LogP contribution in [-0.4, -0.2) is 48.7 Å². The molecule has 2 amide bonds. The number of nitrogens with one attached hydrogen (secondary N) is 2. The van der Waals surface area contributed by atoms with Crippen molar-refractivity contribution in [3.05, 3.63) is 35.7 Å². The average Bonchev–Trinajstić information content (AvgIpc) is 3.50. The fourth-order valence-corrected chi connectivity index (χ4v) is 6.69. The van der Waals surface area contributed by atoms with Gasteiger partial charge in [-0.05, 0) is 75.2 Å². The molecule has 4 aliphatic carbocycles. The van der Waals surface area contributed by atoms with Crippen LogP contribution in [-0.2, 0) is 9.59 Å². The van der Waals surface area contributed by atoms with Gasteiger partial charge >= 0.3 is 5.97 Å². The highest BCUT2D eigenvalue weighted by Gasteiger charge is 2.49. The number of ether oxygens (including phenoxy) is 2. The highest BCUT2D eigenvalue weighted by atomic mass is 19.1. The lowest BCUT2D eigenvalue weighted by molar-refractivity contribution is -0.150. The number of rotatable bonds is 9. The minimum atomic E-state index is -0.838. The van der Waals surface area contributed by atoms with E-state index in [1.807, 2.05) is 0 Å². The van der Waals surface area contributed by atoms with Gasteiger partial charge in [0.15, 0.2) is 11.6 Å². The van der Waals surface area contributed by atoms with Crippen molar-refractivity contribution in [3.63, 3.8) is 0 Å². The first-order chi connectivity index (χ1) is 18.5. The molecule has 1 aromatic carbocycles. The number of halogens is 1. The standard InChI is InChI=1S/C30H39FN2O6/c1-29(9-4-10-29)16-32-27(35)24-17-5-6-18(13-17)25(24)33-26(34)20-14-23(21(31)15-22(20)38-3)39-19-7-11-30(2,12-8-19)28(36)37/h5-6,14-15,17-19,24-25H,4,7-13,16H2,1-3H3,(H,32,35)(H,33,34)(H,36,37). The summed E-state index contributed by atoms with van der Waals surface area (Å²) in [5, 5.41) is 15.7. The van der Waals surface area contributed by atoms with Crippen LogP contribution in [0.25, 0.3) is 0 Å². The molecule has 8 nitrogen and oxygen atoms in total. The van der Waals surface area contributed by atoms with E-state index in [0.717, 1.165) is 25.3 Å². The molecule has 0 spiro atoms. The summed E-state index contributed by atoms with van der Waals surface area (Å²) in [5.74, 6) is -2.19. The predicted octanol–water partition coefficient (Wildman–Crippen LogP) is 4.47. The molecule has 9 heteroatoms. The highest BCUT2D eigenvalue weighted by Crippen LogP contribution is 2.45. The van der Waals surface area contributed by atoms with Gasteiger partial charge in [0.1, 0.15) is 5.75 Å². The van der Waals surface area contributed by atoms with Crippen LogP contribution in [0.15, 0.2) is 24.3 Å². The fourth-order valence-electron chi connectivity index (χ4n) is 6.69. The Morgan fingerprint density at radius 3 is 2.36 bits per heavy atom. The van der Waals surface area contributed by atoms with Crippen LogP contribution in [0.5, 0.6) is 11.5 Å². The third-order valence-electron chi connectivity index (χ3n) is 9.65. The first-order valence-electron chi connectivity index (χ1n) is 14.1. The van der Waals surface area contributed by atoms with Gasteiger partial charge in [0, 0.05) is 18.7 Å². The Balaban J connectivity index is 1.29. The zero-order valence-corrected chi connectivity index (χ0v) is 22.9. The molecule has 1 aromatic rings. The zero-order valence-electron chi connectivity index (χ0n) is 22.9. The number of carboxylic acids is 1. The Morgan fingerprint density at radius 2 is 1.74 bits per heavy atom. The van der Waals surface area contributed by atoms with Gasteiger partial charge in [-0.3, -0.25) is 14.4 Å². The number of carbonyl (C=O) groups excluding carboxylic acids is 2. The maximum Gasteiger partial charge on any atom is 0.309 e. The summed E-state index contributed by atoms with van der Waals surface area (Å²) in [6, 6.07) is 2.12. The summed E-state index contributed by atoms with van der Waals surface area (Å²) >= 11 is 0. The molecule has 4 unspecified atom stereocenters. The van der Waals surface area contributed by atoms with Crippen molar-refractivity contribution >= 4 is 17.8 Å². The second-order valence-corrected chi connectivity index (χ2v) is 12.5. The third-order valence-corrected chi connectivity index (χ3v) is 9.65. The van der Waals surface area contributed by atoms with Crippen LogP contribution in [0.2, 0.25) is 0 Å². The lowest BCUT2D eigenvalue weighted by Crippen LogP contribution is -2.50. The molecule has 0 aromatic heterocycles. The van der Waals surface area contributed by atoms with Gasteiger partial charge in [-0.2, -0.15) is 0 Å². The monoisotopic (exact) mass is 542 g/mol. The number of benzene rings is 1. The van der Waals surface area contributed by atoms with E-state index in [9.17, 15) is 23.9 Å². The van der Waals surface area contributed by atoms with Gasteiger partial charge in [-0.1, -0.05) is 25.5 Å². The molecule has 212 valence electrons. The summed E-state index contributed by atoms with van der Waals surface area (Å²) in [4.78, 5) is 38.3. The molecule has 3 fully saturated rings. The van der Waals surface area contributed by atoms with Gasteiger partial charge in [0.25, 0.3) is 5.91 Å². The Labute approximate surface area is 228 Å². The quantitative estimate of drug-likeness (QED) is 0.397. The predicted molar refractivity (Wildman–Crippen MR) is 142 cm³/mol. The SMILES string of the molecule is COc1cc(F)c(OC2CCC(C)(C(=O)O)CC2)cc1C(=O)NC1C2C=CC(C2)C1C(=O)NCC1(C)CCC1. The van der Waals surface area contributed by atoms with Crippen molar-refractivity contribution in [2.75, 3.05) is 13.7 Å². The molecule has 39 heavy (non-hydrogen) atoms. The van der Waals surface area contributed by atoms with E-state index >= 15 is 0 Å². The van der Waals surface area contributed by atoms with Crippen LogP contribution in [0.4, 0.5) is 4.39 Å². The van der Waals surface area contributed by atoms with Crippen molar-refractivity contribution in [3.8, 4) is 11.5 Å². The molecule has 0 heterocycles. The van der Waals surface area contributed by atoms with Crippen LogP contribution in [0.1, 0.15) is 75.6 Å². The van der Waals surface area contributed by atoms with E-state index in [0.29, 0.717) is 32.2 Å². The maximum atomic E-state index is 14.9. The molecule has 4 atom stereocenters. The van der Waals surface area contributed by atoms with E-state index in [1.54, 1.807) is 6.92 Å².